The second-order valence-electron chi connectivity index (χ2n) is 3.55. The lowest BCUT2D eigenvalue weighted by Gasteiger charge is -2.27. The van der Waals surface area contributed by atoms with Crippen LogP contribution in [0.2, 0.25) is 0 Å². The molecule has 1 atom stereocenters. The van der Waals surface area contributed by atoms with Crippen LogP contribution in [0.5, 0.6) is 0 Å². The topological polar surface area (TPSA) is 9.23 Å². The van der Waals surface area contributed by atoms with E-state index in [1.54, 1.807) is 6.26 Å². The lowest BCUT2D eigenvalue weighted by molar-refractivity contribution is 0.0260. The van der Waals surface area contributed by atoms with Crippen molar-refractivity contribution < 1.29 is 4.74 Å². The van der Waals surface area contributed by atoms with Gasteiger partial charge in [0.15, 0.2) is 0 Å². The molecule has 0 rings (SSSR count). The van der Waals surface area contributed by atoms with Crippen molar-refractivity contribution in [2.45, 2.75) is 58.5 Å². The van der Waals surface area contributed by atoms with Crippen LogP contribution >= 0.6 is 0 Å². The quantitative estimate of drug-likeness (QED) is 0.416. The summed E-state index contributed by atoms with van der Waals surface area (Å²) in [7, 11) is 0. The Morgan fingerprint density at radius 3 is 2.42 bits per heavy atom. The third-order valence-electron chi connectivity index (χ3n) is 2.42. The highest BCUT2D eigenvalue weighted by atomic mass is 16.5. The molecule has 1 unspecified atom stereocenters. The predicted molar refractivity (Wildman–Crippen MR) is 54.1 cm³/mol. The van der Waals surface area contributed by atoms with E-state index in [0.717, 1.165) is 12.8 Å². The lowest BCUT2D eigenvalue weighted by atomic mass is 9.95. The largest absolute Gasteiger partial charge is 0.496 e. The molecular weight excluding hydrogens is 148 g/mol. The Morgan fingerprint density at radius 1 is 1.33 bits per heavy atom. The summed E-state index contributed by atoms with van der Waals surface area (Å²) in [4.78, 5) is 0. The maximum Gasteiger partial charge on any atom is 0.105 e. The fourth-order valence-electron chi connectivity index (χ4n) is 1.27. The van der Waals surface area contributed by atoms with Gasteiger partial charge in [-0.15, -0.1) is 0 Å². The van der Waals surface area contributed by atoms with Crippen molar-refractivity contribution in [2.75, 3.05) is 0 Å². The first kappa shape index (κ1) is 11.5. The average molecular weight is 170 g/mol. The first-order valence-corrected chi connectivity index (χ1v) is 4.97. The predicted octanol–water partition coefficient (Wildman–Crippen LogP) is 3.90. The molecule has 0 fully saturated rings. The summed E-state index contributed by atoms with van der Waals surface area (Å²) in [6.07, 6.45) is 7.60. The van der Waals surface area contributed by atoms with E-state index in [4.69, 9.17) is 4.74 Å². The Bertz CT molecular complexity index is 120. The molecule has 0 amide bonds. The van der Waals surface area contributed by atoms with E-state index in [9.17, 15) is 0 Å². The van der Waals surface area contributed by atoms with Crippen LogP contribution in [0.1, 0.15) is 52.9 Å². The zero-order valence-electron chi connectivity index (χ0n) is 8.73. The molecule has 0 aliphatic rings. The van der Waals surface area contributed by atoms with E-state index in [0.29, 0.717) is 0 Å². The number of rotatable bonds is 7. The first-order valence-electron chi connectivity index (χ1n) is 4.97. The number of hydrogen-bond acceptors (Lipinski definition) is 1. The number of ether oxygens (including phenoxy) is 1. The standard InChI is InChI=1S/C11H22O/c1-5-8-9-10-11(4,6-2)12-7-3/h7H,3,5-6,8-10H2,1-2,4H3. The van der Waals surface area contributed by atoms with Gasteiger partial charge in [0.2, 0.25) is 0 Å². The monoisotopic (exact) mass is 170 g/mol. The zero-order chi connectivity index (χ0) is 9.45. The van der Waals surface area contributed by atoms with Crippen LogP contribution in [-0.4, -0.2) is 5.60 Å². The van der Waals surface area contributed by atoms with Crippen LogP contribution in [0, 0.1) is 0 Å². The van der Waals surface area contributed by atoms with Crippen LogP contribution in [0.15, 0.2) is 12.8 Å². The summed E-state index contributed by atoms with van der Waals surface area (Å²) in [6, 6.07) is 0. The molecule has 0 heterocycles. The van der Waals surface area contributed by atoms with Crippen molar-refractivity contribution >= 4 is 0 Å². The molecule has 0 bridgehead atoms. The molecule has 0 aromatic rings. The number of hydrogen-bond donors (Lipinski definition) is 0. The van der Waals surface area contributed by atoms with Crippen molar-refractivity contribution in [3.05, 3.63) is 12.8 Å². The molecule has 0 aromatic heterocycles. The highest BCUT2D eigenvalue weighted by molar-refractivity contribution is 4.75. The lowest BCUT2D eigenvalue weighted by Crippen LogP contribution is -2.25. The highest BCUT2D eigenvalue weighted by Crippen LogP contribution is 2.23. The van der Waals surface area contributed by atoms with E-state index in [-0.39, 0.29) is 5.60 Å². The highest BCUT2D eigenvalue weighted by Gasteiger charge is 2.20. The van der Waals surface area contributed by atoms with Crippen LogP contribution < -0.4 is 0 Å². The van der Waals surface area contributed by atoms with Gasteiger partial charge in [-0.1, -0.05) is 33.3 Å². The molecule has 0 aliphatic heterocycles. The molecule has 12 heavy (non-hydrogen) atoms. The maximum atomic E-state index is 5.49. The fourth-order valence-corrected chi connectivity index (χ4v) is 1.27. The van der Waals surface area contributed by atoms with Crippen molar-refractivity contribution in [3.63, 3.8) is 0 Å². The SMILES string of the molecule is C=COC(C)(CC)CCCCC. The van der Waals surface area contributed by atoms with E-state index < -0.39 is 0 Å². The van der Waals surface area contributed by atoms with Gasteiger partial charge in [0.25, 0.3) is 0 Å². The molecule has 0 aliphatic carbocycles. The van der Waals surface area contributed by atoms with Gasteiger partial charge in [-0.25, -0.2) is 0 Å². The smallest absolute Gasteiger partial charge is 0.105 e. The first-order chi connectivity index (χ1) is 5.68. The number of unbranched alkanes of at least 4 members (excludes halogenated alkanes) is 2. The van der Waals surface area contributed by atoms with Crippen LogP contribution in [0.25, 0.3) is 0 Å². The summed E-state index contributed by atoms with van der Waals surface area (Å²) < 4.78 is 5.49. The normalized spacial score (nSPS) is 15.2. The van der Waals surface area contributed by atoms with Crippen LogP contribution in [-0.2, 0) is 4.74 Å². The molecule has 1 heteroatoms. The second-order valence-corrected chi connectivity index (χ2v) is 3.55. The molecule has 0 saturated heterocycles. The van der Waals surface area contributed by atoms with Gasteiger partial charge < -0.3 is 4.74 Å². The third-order valence-corrected chi connectivity index (χ3v) is 2.42. The Hall–Kier alpha value is -0.460. The van der Waals surface area contributed by atoms with Gasteiger partial charge in [-0.3, -0.25) is 0 Å². The van der Waals surface area contributed by atoms with Crippen molar-refractivity contribution in [1.82, 2.24) is 0 Å². The Labute approximate surface area is 76.8 Å². The van der Waals surface area contributed by atoms with E-state index in [2.05, 4.69) is 27.4 Å². The molecule has 0 N–H and O–H groups in total. The molecule has 0 saturated carbocycles. The Morgan fingerprint density at radius 2 is 2.00 bits per heavy atom. The van der Waals surface area contributed by atoms with Gasteiger partial charge in [-0.05, 0) is 26.2 Å². The molecule has 0 spiro atoms. The van der Waals surface area contributed by atoms with Crippen molar-refractivity contribution in [2.24, 2.45) is 0 Å². The molecular formula is C11H22O. The molecule has 0 radical (unpaired) electrons. The Balaban J connectivity index is 3.70. The van der Waals surface area contributed by atoms with Gasteiger partial charge in [0.05, 0.1) is 6.26 Å². The van der Waals surface area contributed by atoms with E-state index in [1.165, 1.54) is 19.3 Å². The second kappa shape index (κ2) is 6.10. The molecule has 72 valence electrons. The Kier molecular flexibility index (Phi) is 5.87. The molecule has 0 aromatic carbocycles. The summed E-state index contributed by atoms with van der Waals surface area (Å²) in [6.45, 7) is 10.1. The minimum Gasteiger partial charge on any atom is -0.496 e. The van der Waals surface area contributed by atoms with Crippen LogP contribution in [0.4, 0.5) is 0 Å². The fraction of sp³-hybridized carbons (Fsp3) is 0.818. The van der Waals surface area contributed by atoms with E-state index in [1.807, 2.05) is 0 Å². The molecule has 1 nitrogen and oxygen atoms in total. The average Bonchev–Trinajstić information content (AvgIpc) is 2.06. The van der Waals surface area contributed by atoms with Gasteiger partial charge in [-0.2, -0.15) is 0 Å². The summed E-state index contributed by atoms with van der Waals surface area (Å²) in [5.74, 6) is 0. The van der Waals surface area contributed by atoms with Gasteiger partial charge in [0, 0.05) is 0 Å². The summed E-state index contributed by atoms with van der Waals surface area (Å²) in [5.41, 5.74) is 0.0247. The van der Waals surface area contributed by atoms with Crippen molar-refractivity contribution in [1.29, 1.82) is 0 Å². The van der Waals surface area contributed by atoms with Gasteiger partial charge >= 0.3 is 0 Å². The minimum atomic E-state index is 0.0247. The van der Waals surface area contributed by atoms with Gasteiger partial charge in [0.1, 0.15) is 5.60 Å². The minimum absolute atomic E-state index is 0.0247. The van der Waals surface area contributed by atoms with E-state index >= 15 is 0 Å². The zero-order valence-corrected chi connectivity index (χ0v) is 8.73. The van der Waals surface area contributed by atoms with Crippen LogP contribution in [0.3, 0.4) is 0 Å². The third kappa shape index (κ3) is 4.42. The van der Waals surface area contributed by atoms with Crippen molar-refractivity contribution in [3.8, 4) is 0 Å². The summed E-state index contributed by atoms with van der Waals surface area (Å²) in [5, 5.41) is 0. The maximum absolute atomic E-state index is 5.49. The summed E-state index contributed by atoms with van der Waals surface area (Å²) >= 11 is 0.